The van der Waals surface area contributed by atoms with Crippen LogP contribution in [0.3, 0.4) is 0 Å². The number of aliphatic hydroxyl groups is 1. The van der Waals surface area contributed by atoms with Gasteiger partial charge in [-0.2, -0.15) is 0 Å². The molecule has 0 spiro atoms. The van der Waals surface area contributed by atoms with Crippen molar-refractivity contribution in [1.82, 2.24) is 9.62 Å². The standard InChI is InChI=1S/C12H28N2O3S/c1-11(2)9-12(10-14(3)4)13-18(16,17)8-6-5-7-15/h11-13,15H,5-10H2,1-4H3. The highest BCUT2D eigenvalue weighted by Gasteiger charge is 2.19. The molecule has 0 saturated heterocycles. The SMILES string of the molecule is CC(C)CC(CN(C)C)NS(=O)(=O)CCCCO. The van der Waals surface area contributed by atoms with E-state index in [-0.39, 0.29) is 18.4 Å². The molecule has 110 valence electrons. The number of rotatable bonds is 10. The molecule has 0 aromatic rings. The highest BCUT2D eigenvalue weighted by Crippen LogP contribution is 2.07. The molecule has 0 bridgehead atoms. The van der Waals surface area contributed by atoms with Crippen LogP contribution in [0.1, 0.15) is 33.1 Å². The lowest BCUT2D eigenvalue weighted by atomic mass is 10.0. The molecular formula is C12H28N2O3S. The van der Waals surface area contributed by atoms with Gasteiger partial charge in [-0.3, -0.25) is 0 Å². The van der Waals surface area contributed by atoms with E-state index in [4.69, 9.17) is 5.11 Å². The zero-order chi connectivity index (χ0) is 14.2. The van der Waals surface area contributed by atoms with Gasteiger partial charge in [0.05, 0.1) is 5.75 Å². The number of hydrogen-bond acceptors (Lipinski definition) is 4. The Morgan fingerprint density at radius 3 is 2.28 bits per heavy atom. The van der Waals surface area contributed by atoms with Crippen molar-refractivity contribution in [2.75, 3.05) is 33.0 Å². The molecule has 0 heterocycles. The Kier molecular flexibility index (Phi) is 8.77. The maximum atomic E-state index is 11.9. The summed E-state index contributed by atoms with van der Waals surface area (Å²) in [6.45, 7) is 4.92. The van der Waals surface area contributed by atoms with Crippen molar-refractivity contribution in [3.63, 3.8) is 0 Å². The van der Waals surface area contributed by atoms with Crippen LogP contribution in [0.2, 0.25) is 0 Å². The van der Waals surface area contributed by atoms with Crippen molar-refractivity contribution in [1.29, 1.82) is 0 Å². The summed E-state index contributed by atoms with van der Waals surface area (Å²) in [5.41, 5.74) is 0. The van der Waals surface area contributed by atoms with Gasteiger partial charge in [0.25, 0.3) is 0 Å². The summed E-state index contributed by atoms with van der Waals surface area (Å²) in [5.74, 6) is 0.547. The molecule has 6 heteroatoms. The molecule has 0 fully saturated rings. The van der Waals surface area contributed by atoms with Gasteiger partial charge in [-0.1, -0.05) is 13.8 Å². The number of nitrogens with one attached hydrogen (secondary N) is 1. The van der Waals surface area contributed by atoms with E-state index >= 15 is 0 Å². The summed E-state index contributed by atoms with van der Waals surface area (Å²) in [6.07, 6.45) is 1.86. The molecule has 0 rings (SSSR count). The molecule has 0 aliphatic heterocycles. The van der Waals surface area contributed by atoms with E-state index in [1.807, 2.05) is 19.0 Å². The van der Waals surface area contributed by atoms with Gasteiger partial charge < -0.3 is 10.0 Å². The van der Waals surface area contributed by atoms with Crippen LogP contribution in [0.15, 0.2) is 0 Å². The van der Waals surface area contributed by atoms with Crippen LogP contribution in [0.5, 0.6) is 0 Å². The van der Waals surface area contributed by atoms with Crippen LogP contribution >= 0.6 is 0 Å². The molecule has 0 aliphatic carbocycles. The zero-order valence-electron chi connectivity index (χ0n) is 12.0. The molecule has 0 radical (unpaired) electrons. The Hall–Kier alpha value is -0.170. The van der Waals surface area contributed by atoms with Crippen molar-refractivity contribution in [2.24, 2.45) is 5.92 Å². The third-order valence-corrected chi connectivity index (χ3v) is 4.03. The number of nitrogens with zero attached hydrogens (tertiary/aromatic N) is 1. The molecule has 0 saturated carbocycles. The van der Waals surface area contributed by atoms with Gasteiger partial charge in [0.2, 0.25) is 10.0 Å². The van der Waals surface area contributed by atoms with Crippen molar-refractivity contribution in [3.05, 3.63) is 0 Å². The van der Waals surface area contributed by atoms with E-state index < -0.39 is 10.0 Å². The lowest BCUT2D eigenvalue weighted by Gasteiger charge is -2.23. The van der Waals surface area contributed by atoms with E-state index in [2.05, 4.69) is 18.6 Å². The average molecular weight is 280 g/mol. The number of hydrogen-bond donors (Lipinski definition) is 2. The normalized spacial score (nSPS) is 14.4. The monoisotopic (exact) mass is 280 g/mol. The Morgan fingerprint density at radius 2 is 1.83 bits per heavy atom. The number of sulfonamides is 1. The first-order chi connectivity index (χ1) is 8.26. The molecule has 0 aromatic carbocycles. The summed E-state index contributed by atoms with van der Waals surface area (Å²) in [6, 6.07) is -0.0425. The Morgan fingerprint density at radius 1 is 1.22 bits per heavy atom. The average Bonchev–Trinajstić information content (AvgIpc) is 2.14. The first-order valence-corrected chi connectivity index (χ1v) is 8.17. The van der Waals surface area contributed by atoms with Crippen LogP contribution < -0.4 is 4.72 Å². The van der Waals surface area contributed by atoms with Gasteiger partial charge in [0.15, 0.2) is 0 Å². The summed E-state index contributed by atoms with van der Waals surface area (Å²) in [4.78, 5) is 1.99. The lowest BCUT2D eigenvalue weighted by Crippen LogP contribution is -2.43. The Labute approximate surface area is 112 Å². The van der Waals surface area contributed by atoms with Crippen molar-refractivity contribution < 1.29 is 13.5 Å². The number of likely N-dealkylation sites (N-methyl/N-ethyl adjacent to an activating group) is 1. The summed E-state index contributed by atoms with van der Waals surface area (Å²) in [7, 11) is 0.644. The fourth-order valence-corrected chi connectivity index (χ4v) is 3.27. The molecule has 1 atom stereocenters. The second-order valence-corrected chi connectivity index (χ2v) is 7.33. The van der Waals surface area contributed by atoms with E-state index in [0.717, 1.165) is 6.42 Å². The Bertz CT molecular complexity index is 292. The van der Waals surface area contributed by atoms with Gasteiger partial charge >= 0.3 is 0 Å². The van der Waals surface area contributed by atoms with E-state index in [1.54, 1.807) is 0 Å². The minimum Gasteiger partial charge on any atom is -0.396 e. The van der Waals surface area contributed by atoms with E-state index in [0.29, 0.717) is 25.3 Å². The van der Waals surface area contributed by atoms with Gasteiger partial charge in [0.1, 0.15) is 0 Å². The molecular weight excluding hydrogens is 252 g/mol. The second kappa shape index (κ2) is 8.85. The highest BCUT2D eigenvalue weighted by atomic mass is 32.2. The van der Waals surface area contributed by atoms with Crippen LogP contribution in [0, 0.1) is 5.92 Å². The number of unbranched alkanes of at least 4 members (excludes halogenated alkanes) is 1. The molecule has 0 amide bonds. The second-order valence-electron chi connectivity index (χ2n) is 5.46. The van der Waals surface area contributed by atoms with E-state index in [9.17, 15) is 8.42 Å². The largest absolute Gasteiger partial charge is 0.396 e. The first-order valence-electron chi connectivity index (χ1n) is 6.52. The van der Waals surface area contributed by atoms with Crippen LogP contribution in [0.4, 0.5) is 0 Å². The van der Waals surface area contributed by atoms with Gasteiger partial charge in [-0.05, 0) is 39.3 Å². The Balaban J connectivity index is 4.35. The number of aliphatic hydroxyl groups excluding tert-OH is 1. The first kappa shape index (κ1) is 17.8. The maximum Gasteiger partial charge on any atom is 0.211 e. The fraction of sp³-hybridized carbons (Fsp3) is 1.00. The van der Waals surface area contributed by atoms with Gasteiger partial charge in [-0.15, -0.1) is 0 Å². The predicted octanol–water partition coefficient (Wildman–Crippen LogP) is 0.655. The predicted molar refractivity (Wildman–Crippen MR) is 75.0 cm³/mol. The van der Waals surface area contributed by atoms with Crippen molar-refractivity contribution >= 4 is 10.0 Å². The third-order valence-electron chi connectivity index (χ3n) is 2.51. The molecule has 2 N–H and O–H groups in total. The lowest BCUT2D eigenvalue weighted by molar-refractivity contribution is 0.287. The van der Waals surface area contributed by atoms with Crippen LogP contribution in [-0.4, -0.2) is 57.5 Å². The zero-order valence-corrected chi connectivity index (χ0v) is 12.8. The highest BCUT2D eigenvalue weighted by molar-refractivity contribution is 7.89. The molecule has 0 aliphatic rings. The molecule has 1 unspecified atom stereocenters. The van der Waals surface area contributed by atoms with Crippen LogP contribution in [-0.2, 0) is 10.0 Å². The van der Waals surface area contributed by atoms with Crippen molar-refractivity contribution in [3.8, 4) is 0 Å². The maximum absolute atomic E-state index is 11.9. The molecule has 0 aromatic heterocycles. The molecule has 5 nitrogen and oxygen atoms in total. The third kappa shape index (κ3) is 9.82. The smallest absolute Gasteiger partial charge is 0.211 e. The van der Waals surface area contributed by atoms with Gasteiger partial charge in [-0.25, -0.2) is 13.1 Å². The fourth-order valence-electron chi connectivity index (χ4n) is 1.89. The van der Waals surface area contributed by atoms with Crippen molar-refractivity contribution in [2.45, 2.75) is 39.2 Å². The quantitative estimate of drug-likeness (QED) is 0.577. The summed E-state index contributed by atoms with van der Waals surface area (Å²) in [5, 5.41) is 8.66. The molecule has 18 heavy (non-hydrogen) atoms. The van der Waals surface area contributed by atoms with E-state index in [1.165, 1.54) is 0 Å². The van der Waals surface area contributed by atoms with Gasteiger partial charge in [0, 0.05) is 19.2 Å². The minimum atomic E-state index is -3.23. The topological polar surface area (TPSA) is 69.6 Å². The summed E-state index contributed by atoms with van der Waals surface area (Å²) >= 11 is 0. The van der Waals surface area contributed by atoms with Crippen LogP contribution in [0.25, 0.3) is 0 Å². The summed E-state index contributed by atoms with van der Waals surface area (Å²) < 4.78 is 26.5. The minimum absolute atomic E-state index is 0.0425.